The lowest BCUT2D eigenvalue weighted by Crippen LogP contribution is -2.09. The summed E-state index contributed by atoms with van der Waals surface area (Å²) in [6, 6.07) is 12.0. The second kappa shape index (κ2) is 7.85. The summed E-state index contributed by atoms with van der Waals surface area (Å²) >= 11 is 5.98. The number of benzene rings is 2. The van der Waals surface area contributed by atoms with Crippen LogP contribution in [0.15, 0.2) is 48.5 Å². The van der Waals surface area contributed by atoms with E-state index < -0.39 is 17.6 Å². The number of hydrogen-bond acceptors (Lipinski definition) is 3. The maximum absolute atomic E-state index is 14.0. The van der Waals surface area contributed by atoms with Gasteiger partial charge < -0.3 is 4.74 Å². The Morgan fingerprint density at radius 1 is 1.06 bits per heavy atom. The molecule has 0 atom stereocenters. The number of ether oxygens (including phenoxy) is 1. The number of hydrogen-bond donors (Lipinski definition) is 0. The van der Waals surface area contributed by atoms with Crippen molar-refractivity contribution in [2.45, 2.75) is 26.6 Å². The molecule has 160 valence electrons. The van der Waals surface area contributed by atoms with Crippen molar-refractivity contribution in [3.63, 3.8) is 0 Å². The number of aryl methyl sites for hydroxylation is 2. The Kier molecular flexibility index (Phi) is 5.35. The van der Waals surface area contributed by atoms with Gasteiger partial charge in [0, 0.05) is 11.6 Å². The minimum Gasteiger partial charge on any atom is -0.473 e. The van der Waals surface area contributed by atoms with Gasteiger partial charge in [-0.2, -0.15) is 23.3 Å². The van der Waals surface area contributed by atoms with Gasteiger partial charge in [-0.3, -0.25) is 0 Å². The van der Waals surface area contributed by atoms with Gasteiger partial charge in [0.15, 0.2) is 5.65 Å². The average Bonchev–Trinajstić information content (AvgIpc) is 3.03. The maximum Gasteiger partial charge on any atom is 0.417 e. The number of fused-ring (bicyclic) bond motifs is 1. The highest BCUT2D eigenvalue weighted by Gasteiger charge is 2.36. The summed E-state index contributed by atoms with van der Waals surface area (Å²) in [7, 11) is 0. The van der Waals surface area contributed by atoms with Crippen molar-refractivity contribution in [1.29, 1.82) is 0 Å². The first-order valence-electron chi connectivity index (χ1n) is 9.25. The van der Waals surface area contributed by atoms with Crippen LogP contribution in [0.4, 0.5) is 17.6 Å². The summed E-state index contributed by atoms with van der Waals surface area (Å²) in [6.45, 7) is 3.01. The van der Waals surface area contributed by atoms with Gasteiger partial charge in [-0.1, -0.05) is 35.4 Å². The summed E-state index contributed by atoms with van der Waals surface area (Å²) in [5.74, 6) is -0.933. The monoisotopic (exact) mass is 449 g/mol. The summed E-state index contributed by atoms with van der Waals surface area (Å²) in [5.41, 5.74) is 0.820. The van der Waals surface area contributed by atoms with Gasteiger partial charge in [-0.15, -0.1) is 0 Å². The topological polar surface area (TPSA) is 39.9 Å². The van der Waals surface area contributed by atoms with Crippen LogP contribution in [-0.4, -0.2) is 14.8 Å². The van der Waals surface area contributed by atoms with E-state index in [1.807, 2.05) is 19.1 Å². The lowest BCUT2D eigenvalue weighted by molar-refractivity contribution is -0.136. The van der Waals surface area contributed by atoms with Crippen molar-refractivity contribution < 1.29 is 22.3 Å². The van der Waals surface area contributed by atoms with Crippen LogP contribution in [0.3, 0.4) is 0 Å². The fourth-order valence-corrected chi connectivity index (χ4v) is 3.46. The van der Waals surface area contributed by atoms with E-state index in [-0.39, 0.29) is 39.8 Å². The molecule has 4 nitrogen and oxygen atoms in total. The van der Waals surface area contributed by atoms with Crippen molar-refractivity contribution in [2.75, 3.05) is 0 Å². The summed E-state index contributed by atoms with van der Waals surface area (Å²) < 4.78 is 62.3. The molecule has 0 radical (unpaired) electrons. The van der Waals surface area contributed by atoms with Gasteiger partial charge in [0.05, 0.1) is 27.4 Å². The van der Waals surface area contributed by atoms with E-state index in [1.54, 1.807) is 12.1 Å². The Bertz CT molecular complexity index is 1250. The molecule has 0 aliphatic rings. The molecule has 0 unspecified atom stereocenters. The molecule has 0 amide bonds. The fourth-order valence-electron chi connectivity index (χ4n) is 3.25. The molecule has 2 heterocycles. The van der Waals surface area contributed by atoms with Crippen molar-refractivity contribution in [3.8, 4) is 11.6 Å². The van der Waals surface area contributed by atoms with Crippen molar-refractivity contribution in [3.05, 3.63) is 81.8 Å². The molecule has 0 fully saturated rings. The standard InChI is InChI=1S/C22H16ClF4N3O/c1-12-6-8-14(9-7-12)30-21-20(13(2)29-30)16(22(25,26)27)10-19(28-21)31-11-15-17(23)4-3-5-18(15)24/h3-10H,11H2,1-2H3. The first kappa shape index (κ1) is 21.1. The Morgan fingerprint density at radius 3 is 2.42 bits per heavy atom. The van der Waals surface area contributed by atoms with Gasteiger partial charge in [-0.05, 0) is 38.1 Å². The van der Waals surface area contributed by atoms with E-state index in [2.05, 4.69) is 10.1 Å². The van der Waals surface area contributed by atoms with Crippen LogP contribution in [-0.2, 0) is 12.8 Å². The van der Waals surface area contributed by atoms with Gasteiger partial charge in [0.2, 0.25) is 5.88 Å². The number of nitrogens with zero attached hydrogens (tertiary/aromatic N) is 3. The smallest absolute Gasteiger partial charge is 0.417 e. The van der Waals surface area contributed by atoms with E-state index in [0.717, 1.165) is 11.6 Å². The normalized spacial score (nSPS) is 11.8. The third-order valence-corrected chi connectivity index (χ3v) is 5.15. The highest BCUT2D eigenvalue weighted by molar-refractivity contribution is 6.31. The summed E-state index contributed by atoms with van der Waals surface area (Å²) in [4.78, 5) is 4.26. The van der Waals surface area contributed by atoms with E-state index >= 15 is 0 Å². The minimum absolute atomic E-state index is 0.00851. The highest BCUT2D eigenvalue weighted by atomic mass is 35.5. The predicted octanol–water partition coefficient (Wildman–Crippen LogP) is 6.43. The third-order valence-electron chi connectivity index (χ3n) is 4.80. The number of pyridine rings is 1. The zero-order valence-corrected chi connectivity index (χ0v) is 17.2. The molecule has 9 heteroatoms. The molecule has 31 heavy (non-hydrogen) atoms. The molecule has 4 aromatic rings. The first-order chi connectivity index (χ1) is 14.6. The molecular formula is C22H16ClF4N3O. The molecule has 0 aliphatic carbocycles. The number of aromatic nitrogens is 3. The Balaban J connectivity index is 1.85. The summed E-state index contributed by atoms with van der Waals surface area (Å²) in [5, 5.41) is 4.26. The first-order valence-corrected chi connectivity index (χ1v) is 9.63. The van der Waals surface area contributed by atoms with E-state index in [1.165, 1.54) is 29.8 Å². The Morgan fingerprint density at radius 2 is 1.77 bits per heavy atom. The van der Waals surface area contributed by atoms with Crippen LogP contribution >= 0.6 is 11.6 Å². The van der Waals surface area contributed by atoms with Crippen molar-refractivity contribution >= 4 is 22.6 Å². The minimum atomic E-state index is -4.67. The average molecular weight is 450 g/mol. The Hall–Kier alpha value is -3.13. The van der Waals surface area contributed by atoms with E-state index in [4.69, 9.17) is 16.3 Å². The maximum atomic E-state index is 14.0. The molecule has 0 spiro atoms. The largest absolute Gasteiger partial charge is 0.473 e. The molecule has 0 saturated carbocycles. The zero-order valence-electron chi connectivity index (χ0n) is 16.5. The summed E-state index contributed by atoms with van der Waals surface area (Å²) in [6.07, 6.45) is -4.67. The van der Waals surface area contributed by atoms with E-state index in [0.29, 0.717) is 5.69 Å². The lowest BCUT2D eigenvalue weighted by Gasteiger charge is -2.13. The molecule has 2 aromatic heterocycles. The third kappa shape index (κ3) is 4.07. The van der Waals surface area contributed by atoms with Crippen LogP contribution in [0, 0.1) is 19.7 Å². The molecule has 0 bridgehead atoms. The second-order valence-electron chi connectivity index (χ2n) is 7.03. The van der Waals surface area contributed by atoms with Crippen LogP contribution in [0.5, 0.6) is 5.88 Å². The predicted molar refractivity (Wildman–Crippen MR) is 109 cm³/mol. The quantitative estimate of drug-likeness (QED) is 0.337. The molecule has 2 aromatic carbocycles. The highest BCUT2D eigenvalue weighted by Crippen LogP contribution is 2.38. The molecule has 0 aliphatic heterocycles. The number of halogens is 5. The number of rotatable bonds is 4. The number of alkyl halides is 3. The van der Waals surface area contributed by atoms with Crippen molar-refractivity contribution in [2.24, 2.45) is 0 Å². The van der Waals surface area contributed by atoms with Crippen LogP contribution in [0.25, 0.3) is 16.7 Å². The second-order valence-corrected chi connectivity index (χ2v) is 7.43. The Labute approximate surface area is 180 Å². The SMILES string of the molecule is Cc1ccc(-n2nc(C)c3c(C(F)(F)F)cc(OCc4c(F)cccc4Cl)nc32)cc1. The van der Waals surface area contributed by atoms with Crippen LogP contribution < -0.4 is 4.74 Å². The van der Waals surface area contributed by atoms with Gasteiger partial charge in [-0.25, -0.2) is 9.07 Å². The molecular weight excluding hydrogens is 434 g/mol. The van der Waals surface area contributed by atoms with Crippen LogP contribution in [0.2, 0.25) is 5.02 Å². The fraction of sp³-hybridized carbons (Fsp3) is 0.182. The molecule has 0 N–H and O–H groups in total. The lowest BCUT2D eigenvalue weighted by atomic mass is 10.1. The van der Waals surface area contributed by atoms with E-state index in [9.17, 15) is 17.6 Å². The zero-order chi connectivity index (χ0) is 22.3. The van der Waals surface area contributed by atoms with Crippen LogP contribution in [0.1, 0.15) is 22.4 Å². The van der Waals surface area contributed by atoms with Gasteiger partial charge in [0.1, 0.15) is 12.4 Å². The van der Waals surface area contributed by atoms with Gasteiger partial charge >= 0.3 is 6.18 Å². The van der Waals surface area contributed by atoms with Gasteiger partial charge in [0.25, 0.3) is 0 Å². The molecule has 4 rings (SSSR count). The molecule has 0 saturated heterocycles. The van der Waals surface area contributed by atoms with Crippen molar-refractivity contribution in [1.82, 2.24) is 14.8 Å².